The van der Waals surface area contributed by atoms with Crippen molar-refractivity contribution in [1.29, 1.82) is 10.5 Å². The van der Waals surface area contributed by atoms with E-state index >= 15 is 0 Å². The summed E-state index contributed by atoms with van der Waals surface area (Å²) in [5, 5.41) is 59.5. The topological polar surface area (TPSA) is 441 Å². The van der Waals surface area contributed by atoms with Crippen molar-refractivity contribution in [1.82, 2.24) is 38.2 Å². The fourth-order valence-electron chi connectivity index (χ4n) is 18.3. The lowest BCUT2D eigenvalue weighted by Gasteiger charge is -2.44. The van der Waals surface area contributed by atoms with Gasteiger partial charge in [0.2, 0.25) is 11.8 Å². The number of aliphatic hydroxyl groups excluding tert-OH is 2. The van der Waals surface area contributed by atoms with Crippen molar-refractivity contribution in [2.24, 2.45) is 22.9 Å². The van der Waals surface area contributed by atoms with Gasteiger partial charge in [0.25, 0.3) is 0 Å². The third kappa shape index (κ3) is 32.7. The Bertz CT molecular complexity index is 6980. The van der Waals surface area contributed by atoms with E-state index in [0.717, 1.165) is 177 Å². The van der Waals surface area contributed by atoms with Gasteiger partial charge in [-0.1, -0.05) is 232 Å². The summed E-state index contributed by atoms with van der Waals surface area (Å²) in [6.07, 6.45) is 14.7. The van der Waals surface area contributed by atoms with Crippen LogP contribution in [0.3, 0.4) is 0 Å². The van der Waals surface area contributed by atoms with E-state index in [4.69, 9.17) is 50.7 Å². The fraction of sp³-hybridized carbons (Fsp3) is 0.227. The number of aliphatic hydroxyl groups is 2. The van der Waals surface area contributed by atoms with Gasteiger partial charge in [-0.05, 0) is 163 Å². The number of hydrogen-bond donors (Lipinski definition) is 12. The van der Waals surface area contributed by atoms with Crippen LogP contribution in [-0.4, -0.2) is 134 Å². The number of nitrogen functional groups attached to an aromatic ring is 3. The number of piperazine rings is 2. The number of hydrogen-bond acceptors (Lipinski definition) is 22. The van der Waals surface area contributed by atoms with Crippen molar-refractivity contribution >= 4 is 57.3 Å². The van der Waals surface area contributed by atoms with E-state index in [2.05, 4.69) is 163 Å². The zero-order valence-electron chi connectivity index (χ0n) is 83.4. The first kappa shape index (κ1) is 107. The first-order valence-corrected chi connectivity index (χ1v) is 49.2. The number of benzene rings is 12. The fourth-order valence-corrected chi connectivity index (χ4v) is 18.3. The summed E-state index contributed by atoms with van der Waals surface area (Å²) in [5.74, 6) is -0.463. The Morgan fingerprint density at radius 2 is 0.741 bits per heavy atom. The van der Waals surface area contributed by atoms with E-state index in [9.17, 15) is 30.0 Å². The molecular formula is C119H132N22O6. The zero-order valence-corrected chi connectivity index (χ0v) is 83.4. The molecule has 754 valence electrons. The van der Waals surface area contributed by atoms with Crippen LogP contribution >= 0.6 is 0 Å². The van der Waals surface area contributed by atoms with Crippen LogP contribution in [0.1, 0.15) is 113 Å². The minimum Gasteiger partial charge on any atom is -0.508 e. The van der Waals surface area contributed by atoms with E-state index in [1.54, 1.807) is 32.3 Å². The van der Waals surface area contributed by atoms with Crippen LogP contribution in [0.15, 0.2) is 371 Å². The lowest BCUT2D eigenvalue weighted by molar-refractivity contribution is -0.119. The number of primary amides is 2. The second-order valence-corrected chi connectivity index (χ2v) is 36.9. The average molecular weight is 1970 g/mol. The van der Waals surface area contributed by atoms with Gasteiger partial charge in [0.05, 0.1) is 72.8 Å². The second-order valence-electron chi connectivity index (χ2n) is 36.9. The quantitative estimate of drug-likeness (QED) is 0.0101. The van der Waals surface area contributed by atoms with Crippen molar-refractivity contribution in [3.8, 4) is 46.3 Å². The van der Waals surface area contributed by atoms with E-state index in [1.807, 2.05) is 248 Å². The monoisotopic (exact) mass is 1970 g/mol. The van der Waals surface area contributed by atoms with Crippen LogP contribution in [0.5, 0.6) is 11.5 Å². The molecule has 2 fully saturated rings. The van der Waals surface area contributed by atoms with Crippen molar-refractivity contribution in [2.75, 3.05) is 81.4 Å². The standard InChI is InChI=1S/C21H21N3O.C20H23N5O.C20H22N4.C20H21N3O2.C19H24N4O.C19H21N3O/c1-16(25)12-20-21(19-8-3-2-4-9-19)23-15-24(20)14-18-7-5-6-17(13-18)10-11-22;21-15-23-16-5-4-8-18(13-16)25-12-11-24(17-6-2-1-3-7-17)14-19(25)9-10-20(22)26;1-15(21)10-20-19(12-16-6-3-2-4-7-16)23-14-24(20)13-17-8-5-9-18(22)11-17;1-14(21)7-20-19(10-15-5-3-2-4-6-15)22-13-23(20)12-16-8-17(24)11-18(25)9-16;20-15-5-4-8-17(13-15)23-12-11-22(16-6-2-1-3-7-16)14-18(23)9-10-19(21)24;1-14(23)10-18-19(16-7-3-2-4-8-16)21-13-22(18)12-15-6-5-9-17(20)11-15/h2-9,13,15-16,25H,10,12,14H2,1H3;1-8,13,19,23H,9-12,14H2,(H2,22,26);2-9,11,14H,1,10,12-13,21-22H2;2-6,8-9,11,13,24-25H,1,7,10,12,21H2;1-8,13,18H,9-12,14,20H2,(H2,21,24);2-9,11,13-14,23H,10,12,20H2,1H3. The number of phenolic OH excluding ortho intramolecular Hbond substituents is 2. The number of anilines is 8. The molecular weight excluding hydrogens is 1830 g/mol. The summed E-state index contributed by atoms with van der Waals surface area (Å²) < 4.78 is 8.28. The number of amides is 2. The van der Waals surface area contributed by atoms with E-state index in [0.29, 0.717) is 88.8 Å². The number of phenols is 2. The van der Waals surface area contributed by atoms with Gasteiger partial charge in [0, 0.05) is 226 Å². The number of carbonyl (C=O) groups is 2. The molecule has 16 aromatic rings. The second kappa shape index (κ2) is 54.0. The SMILES string of the molecule is C=C(N)Cc1c(Cc2ccccc2)ncn1Cc1cc(O)cc(O)c1.C=C(N)Cc1c(Cc2ccccc2)ncn1Cc1cccc(N)c1.CC(O)Cc1c(-c2ccccc2)ncn1Cc1cccc(CC#N)c1.CC(O)Cc1c(-c2ccccc2)ncn1Cc1cccc(N)c1.N#CNc1cccc(N2CCN(c3ccccc3)CC2CCC(N)=O)c1.NC(=O)CCC1CN(c2ccccc2)CCN1c1cccc(N)c1. The van der Waals surface area contributed by atoms with Crippen LogP contribution in [0.25, 0.3) is 22.5 Å². The Balaban J connectivity index is 0.000000147. The first-order chi connectivity index (χ1) is 71.2. The van der Waals surface area contributed by atoms with Crippen molar-refractivity contribution in [2.45, 2.75) is 135 Å². The molecule has 0 spiro atoms. The van der Waals surface area contributed by atoms with Crippen LogP contribution in [0.2, 0.25) is 0 Å². The number of para-hydroxylation sites is 2. The van der Waals surface area contributed by atoms with Gasteiger partial charge in [0.15, 0.2) is 6.19 Å². The molecule has 2 saturated heterocycles. The molecule has 0 bridgehead atoms. The minimum absolute atomic E-state index is 0.0319. The number of nitrogens with two attached hydrogens (primary N) is 7. The van der Waals surface area contributed by atoms with Gasteiger partial charge in [-0.2, -0.15) is 10.5 Å². The highest BCUT2D eigenvalue weighted by atomic mass is 16.3. The maximum absolute atomic E-state index is 11.3. The molecule has 4 atom stereocenters. The molecule has 4 unspecified atom stereocenters. The van der Waals surface area contributed by atoms with Crippen LogP contribution in [-0.2, 0) is 80.7 Å². The lowest BCUT2D eigenvalue weighted by atomic mass is 10.0. The van der Waals surface area contributed by atoms with E-state index in [-0.39, 0.29) is 35.4 Å². The lowest BCUT2D eigenvalue weighted by Crippen LogP contribution is -2.53. The Labute approximate surface area is 861 Å². The molecule has 0 radical (unpaired) electrons. The molecule has 6 heterocycles. The first-order valence-electron chi connectivity index (χ1n) is 49.2. The zero-order chi connectivity index (χ0) is 104. The molecule has 28 heteroatoms. The van der Waals surface area contributed by atoms with E-state index < -0.39 is 12.2 Å². The highest BCUT2D eigenvalue weighted by Gasteiger charge is 2.31. The maximum atomic E-state index is 11.3. The molecule has 12 aromatic carbocycles. The molecule has 2 aliphatic heterocycles. The van der Waals surface area contributed by atoms with Gasteiger partial charge in [-0.25, -0.2) is 19.9 Å². The number of rotatable bonds is 34. The number of aromatic nitrogens is 8. The Morgan fingerprint density at radius 3 is 1.14 bits per heavy atom. The van der Waals surface area contributed by atoms with Gasteiger partial charge >= 0.3 is 0 Å². The highest BCUT2D eigenvalue weighted by Crippen LogP contribution is 2.34. The third-order valence-electron chi connectivity index (χ3n) is 25.0. The number of nitrogens with zero attached hydrogens (tertiary/aromatic N) is 14. The molecule has 0 aliphatic carbocycles. The summed E-state index contributed by atoms with van der Waals surface area (Å²) in [6, 6.07) is 108. The van der Waals surface area contributed by atoms with Gasteiger partial charge in [-0.15, -0.1) is 0 Å². The molecule has 0 saturated carbocycles. The number of allylic oxidation sites excluding steroid dienone is 2. The van der Waals surface area contributed by atoms with E-state index in [1.165, 1.54) is 28.6 Å². The summed E-state index contributed by atoms with van der Waals surface area (Å²) in [6.45, 7) is 19.1. The maximum Gasteiger partial charge on any atom is 0.217 e. The smallest absolute Gasteiger partial charge is 0.217 e. The normalized spacial score (nSPS) is 13.4. The van der Waals surface area contributed by atoms with Crippen molar-refractivity contribution in [3.05, 3.63) is 444 Å². The molecule has 147 heavy (non-hydrogen) atoms. The average Bonchev–Trinajstić information content (AvgIpc) is 1.75. The Hall–Kier alpha value is -17.6. The Kier molecular flexibility index (Phi) is 39.2. The number of aromatic hydroxyl groups is 2. The number of nitrogens with one attached hydrogen (secondary N) is 1. The predicted molar refractivity (Wildman–Crippen MR) is 590 cm³/mol. The summed E-state index contributed by atoms with van der Waals surface area (Å²) in [5.41, 5.74) is 66.6. The highest BCUT2D eigenvalue weighted by molar-refractivity contribution is 5.75. The van der Waals surface area contributed by atoms with Crippen LogP contribution in [0.4, 0.5) is 45.5 Å². The molecule has 4 aromatic heterocycles. The largest absolute Gasteiger partial charge is 0.508 e. The summed E-state index contributed by atoms with van der Waals surface area (Å²) in [7, 11) is 0. The predicted octanol–water partition coefficient (Wildman–Crippen LogP) is 17.5. The number of imidazole rings is 4. The van der Waals surface area contributed by atoms with Crippen LogP contribution in [0, 0.1) is 22.8 Å². The van der Waals surface area contributed by atoms with Gasteiger partial charge < -0.3 is 98.4 Å². The van der Waals surface area contributed by atoms with Crippen LogP contribution < -0.4 is 65.1 Å². The number of carbonyl (C=O) groups excluding carboxylic acids is 2. The Morgan fingerprint density at radius 1 is 0.395 bits per heavy atom. The summed E-state index contributed by atoms with van der Waals surface area (Å²) >= 11 is 0. The van der Waals surface area contributed by atoms with Crippen molar-refractivity contribution in [3.63, 3.8) is 0 Å². The molecule has 18 rings (SSSR count). The molecule has 19 N–H and O–H groups in total. The molecule has 2 amide bonds. The molecule has 2 aliphatic rings. The summed E-state index contributed by atoms with van der Waals surface area (Å²) in [4.78, 5) is 50.3. The van der Waals surface area contributed by atoms with Gasteiger partial charge in [0.1, 0.15) is 11.5 Å². The van der Waals surface area contributed by atoms with Gasteiger partial charge in [-0.3, -0.25) is 14.9 Å². The van der Waals surface area contributed by atoms with Crippen molar-refractivity contribution < 1.29 is 30.0 Å². The minimum atomic E-state index is -0.442. The third-order valence-corrected chi connectivity index (χ3v) is 25.0. The number of nitriles is 2. The molecule has 28 nitrogen and oxygen atoms in total.